The number of methoxy groups -OCH3 is 1. The molecule has 1 unspecified atom stereocenters. The molecule has 1 aromatic heterocycles. The molecule has 0 bridgehead atoms. The molecule has 0 saturated carbocycles. The summed E-state index contributed by atoms with van der Waals surface area (Å²) < 4.78 is 37.6. The summed E-state index contributed by atoms with van der Waals surface area (Å²) >= 11 is 6.15. The first-order valence-corrected chi connectivity index (χ1v) is 11.8. The van der Waals surface area contributed by atoms with Crippen LogP contribution in [0.2, 0.25) is 5.02 Å². The molecule has 1 amide bonds. The molecule has 0 saturated heterocycles. The highest BCUT2D eigenvalue weighted by Crippen LogP contribution is 2.31. The van der Waals surface area contributed by atoms with E-state index in [-0.39, 0.29) is 15.5 Å². The van der Waals surface area contributed by atoms with Gasteiger partial charge in [-0.25, -0.2) is 13.1 Å². The molecule has 2 N–H and O–H groups in total. The Balaban J connectivity index is 1.75. The number of carbonyl (C=O) groups excluding carboxylic acids is 1. The lowest BCUT2D eigenvalue weighted by Crippen LogP contribution is -2.27. The number of halogens is 1. The first-order chi connectivity index (χ1) is 15.7. The van der Waals surface area contributed by atoms with E-state index in [0.29, 0.717) is 18.1 Å². The average Bonchev–Trinajstić information content (AvgIpc) is 2.83. The van der Waals surface area contributed by atoms with Crippen LogP contribution in [-0.2, 0) is 16.6 Å². The number of sulfonamides is 1. The molecule has 33 heavy (non-hydrogen) atoms. The van der Waals surface area contributed by atoms with Gasteiger partial charge in [-0.3, -0.25) is 9.78 Å². The molecule has 1 heterocycles. The van der Waals surface area contributed by atoms with Gasteiger partial charge in [0.25, 0.3) is 5.91 Å². The fraction of sp³-hybridized carbons (Fsp3) is 0.217. The number of hydrogen-bond donors (Lipinski definition) is 2. The highest BCUT2D eigenvalue weighted by Gasteiger charge is 2.20. The number of rotatable bonds is 9. The van der Waals surface area contributed by atoms with Gasteiger partial charge in [0.1, 0.15) is 6.61 Å². The maximum absolute atomic E-state index is 12.8. The summed E-state index contributed by atoms with van der Waals surface area (Å²) in [6.07, 6.45) is 3.39. The van der Waals surface area contributed by atoms with Gasteiger partial charge in [-0.05, 0) is 67.6 Å². The molecule has 174 valence electrons. The third kappa shape index (κ3) is 6.01. The van der Waals surface area contributed by atoms with E-state index in [4.69, 9.17) is 21.1 Å². The van der Waals surface area contributed by atoms with Crippen LogP contribution in [0.15, 0.2) is 65.8 Å². The molecule has 0 aliphatic carbocycles. The second-order valence-corrected chi connectivity index (χ2v) is 9.39. The Kier molecular flexibility index (Phi) is 7.91. The van der Waals surface area contributed by atoms with Gasteiger partial charge in [-0.15, -0.1) is 0 Å². The lowest BCUT2D eigenvalue weighted by Gasteiger charge is -2.18. The van der Waals surface area contributed by atoms with Crippen LogP contribution in [0.5, 0.6) is 11.5 Å². The van der Waals surface area contributed by atoms with Gasteiger partial charge in [0, 0.05) is 12.4 Å². The largest absolute Gasteiger partial charge is 0.493 e. The van der Waals surface area contributed by atoms with Crippen LogP contribution in [0.1, 0.15) is 34.5 Å². The van der Waals surface area contributed by atoms with Crippen molar-refractivity contribution in [3.8, 4) is 11.5 Å². The van der Waals surface area contributed by atoms with E-state index in [1.165, 1.54) is 32.4 Å². The quantitative estimate of drug-likeness (QED) is 0.474. The van der Waals surface area contributed by atoms with Crippen LogP contribution in [0.4, 0.5) is 0 Å². The van der Waals surface area contributed by atoms with Gasteiger partial charge in [-0.2, -0.15) is 0 Å². The zero-order valence-electron chi connectivity index (χ0n) is 18.3. The average molecular weight is 490 g/mol. The van der Waals surface area contributed by atoms with Gasteiger partial charge in [-0.1, -0.05) is 17.7 Å². The van der Waals surface area contributed by atoms with Crippen molar-refractivity contribution in [2.24, 2.45) is 0 Å². The fourth-order valence-corrected chi connectivity index (χ4v) is 3.99. The zero-order chi connectivity index (χ0) is 24.0. The molecule has 3 aromatic rings. The van der Waals surface area contributed by atoms with Crippen molar-refractivity contribution >= 4 is 27.5 Å². The van der Waals surface area contributed by atoms with Crippen LogP contribution >= 0.6 is 11.6 Å². The maximum atomic E-state index is 12.8. The van der Waals surface area contributed by atoms with Gasteiger partial charge in [0.2, 0.25) is 10.0 Å². The summed E-state index contributed by atoms with van der Waals surface area (Å²) in [4.78, 5) is 16.8. The lowest BCUT2D eigenvalue weighted by molar-refractivity contribution is 0.0939. The second kappa shape index (κ2) is 10.7. The Labute approximate surface area is 198 Å². The second-order valence-electron chi connectivity index (χ2n) is 7.10. The van der Waals surface area contributed by atoms with Crippen LogP contribution in [0, 0.1) is 0 Å². The number of nitrogens with one attached hydrogen (secondary N) is 2. The number of amides is 1. The molecule has 0 radical (unpaired) electrons. The van der Waals surface area contributed by atoms with Crippen LogP contribution in [0.3, 0.4) is 0 Å². The van der Waals surface area contributed by atoms with Crippen molar-refractivity contribution in [2.45, 2.75) is 24.5 Å². The Morgan fingerprint density at radius 3 is 2.48 bits per heavy atom. The van der Waals surface area contributed by atoms with Gasteiger partial charge in [0.15, 0.2) is 11.5 Å². The first kappa shape index (κ1) is 24.5. The number of nitrogens with zero attached hydrogens (tertiary/aromatic N) is 1. The SMILES string of the molecule is CNS(=O)(=O)c1ccc(Cl)c(C(=O)NC(C)c2ccc(OCc3ccncc3)c(OC)c2)c1. The van der Waals surface area contributed by atoms with E-state index in [9.17, 15) is 13.2 Å². The molecule has 3 rings (SSSR count). The number of hydrogen-bond acceptors (Lipinski definition) is 6. The minimum Gasteiger partial charge on any atom is -0.493 e. The van der Waals surface area contributed by atoms with Crippen molar-refractivity contribution in [3.63, 3.8) is 0 Å². The van der Waals surface area contributed by atoms with Crippen molar-refractivity contribution < 1.29 is 22.7 Å². The molecule has 0 fully saturated rings. The van der Waals surface area contributed by atoms with Gasteiger partial charge in [0.05, 0.1) is 28.6 Å². The predicted octanol–water partition coefficient (Wildman–Crippen LogP) is 3.72. The normalized spacial score (nSPS) is 12.1. The minimum atomic E-state index is -3.71. The first-order valence-electron chi connectivity index (χ1n) is 9.98. The standard InChI is InChI=1S/C23H24ClN3O5S/c1-15(27-23(28)19-13-18(5-6-20(19)24)33(29,30)25-2)17-4-7-21(22(12-17)31-3)32-14-16-8-10-26-11-9-16/h4-13,15,25H,14H2,1-3H3,(H,27,28). The Hall–Kier alpha value is -3.14. The van der Waals surface area contributed by atoms with E-state index in [2.05, 4.69) is 15.0 Å². The van der Waals surface area contributed by atoms with Gasteiger partial charge >= 0.3 is 0 Å². The molecule has 8 nitrogen and oxygen atoms in total. The van der Waals surface area contributed by atoms with E-state index < -0.39 is 22.0 Å². The molecule has 1 atom stereocenters. The van der Waals surface area contributed by atoms with E-state index in [0.717, 1.165) is 11.1 Å². The summed E-state index contributed by atoms with van der Waals surface area (Å²) in [5.41, 5.74) is 1.80. The molecule has 0 aliphatic heterocycles. The summed E-state index contributed by atoms with van der Waals surface area (Å²) in [6.45, 7) is 2.15. The molecule has 2 aromatic carbocycles. The van der Waals surface area contributed by atoms with Crippen molar-refractivity contribution in [2.75, 3.05) is 14.2 Å². The highest BCUT2D eigenvalue weighted by atomic mass is 35.5. The third-order valence-electron chi connectivity index (χ3n) is 4.94. The zero-order valence-corrected chi connectivity index (χ0v) is 19.9. The number of ether oxygens (including phenoxy) is 2. The number of aromatic nitrogens is 1. The maximum Gasteiger partial charge on any atom is 0.253 e. The predicted molar refractivity (Wildman–Crippen MR) is 125 cm³/mol. The molecule has 10 heteroatoms. The van der Waals surface area contributed by atoms with E-state index in [1.54, 1.807) is 31.5 Å². The van der Waals surface area contributed by atoms with Crippen LogP contribution in [-0.4, -0.2) is 33.5 Å². The topological polar surface area (TPSA) is 107 Å². The minimum absolute atomic E-state index is 0.0513. The van der Waals surface area contributed by atoms with E-state index in [1.807, 2.05) is 18.2 Å². The third-order valence-corrected chi connectivity index (χ3v) is 6.68. The van der Waals surface area contributed by atoms with Gasteiger partial charge < -0.3 is 14.8 Å². The Morgan fingerprint density at radius 2 is 1.82 bits per heavy atom. The summed E-state index contributed by atoms with van der Waals surface area (Å²) in [7, 11) is -0.881. The highest BCUT2D eigenvalue weighted by molar-refractivity contribution is 7.89. The lowest BCUT2D eigenvalue weighted by atomic mass is 10.1. The molecule has 0 aliphatic rings. The number of carbonyl (C=O) groups is 1. The Bertz CT molecular complexity index is 1240. The molecular formula is C23H24ClN3O5S. The summed E-state index contributed by atoms with van der Waals surface area (Å²) in [5, 5.41) is 2.98. The summed E-state index contributed by atoms with van der Waals surface area (Å²) in [5.74, 6) is 0.574. The van der Waals surface area contributed by atoms with Crippen LogP contribution < -0.4 is 19.5 Å². The van der Waals surface area contributed by atoms with Crippen molar-refractivity contribution in [3.05, 3.63) is 82.6 Å². The number of benzene rings is 2. The molecular weight excluding hydrogens is 466 g/mol. The Morgan fingerprint density at radius 1 is 1.09 bits per heavy atom. The van der Waals surface area contributed by atoms with Crippen molar-refractivity contribution in [1.29, 1.82) is 0 Å². The fourth-order valence-electron chi connectivity index (χ4n) is 3.03. The van der Waals surface area contributed by atoms with Crippen LogP contribution in [0.25, 0.3) is 0 Å². The van der Waals surface area contributed by atoms with E-state index >= 15 is 0 Å². The monoisotopic (exact) mass is 489 g/mol. The smallest absolute Gasteiger partial charge is 0.253 e. The summed E-state index contributed by atoms with van der Waals surface area (Å²) in [6, 6.07) is 12.6. The molecule has 0 spiro atoms. The van der Waals surface area contributed by atoms with Crippen molar-refractivity contribution in [1.82, 2.24) is 15.0 Å². The number of pyridine rings is 1.